The summed E-state index contributed by atoms with van der Waals surface area (Å²) in [6, 6.07) is 15.7. The summed E-state index contributed by atoms with van der Waals surface area (Å²) in [6.45, 7) is 3.15. The van der Waals surface area contributed by atoms with Crippen LogP contribution in [0.15, 0.2) is 48.5 Å². The van der Waals surface area contributed by atoms with Gasteiger partial charge in [-0.3, -0.25) is 9.69 Å². The zero-order valence-corrected chi connectivity index (χ0v) is 13.3. The number of ether oxygens (including phenoxy) is 1. The molecule has 0 unspecified atom stereocenters. The van der Waals surface area contributed by atoms with Gasteiger partial charge < -0.3 is 10.1 Å². The topological polar surface area (TPSA) is 41.6 Å². The number of nitrogens with one attached hydrogen (secondary N) is 1. The number of rotatable bonds is 6. The van der Waals surface area contributed by atoms with Gasteiger partial charge in [-0.05, 0) is 31.7 Å². The molecule has 0 heterocycles. The Bertz CT molecular complexity index is 640. The molecular formula is C18H22N2O2. The Balaban J connectivity index is 1.88. The molecule has 0 aliphatic heterocycles. The van der Waals surface area contributed by atoms with Gasteiger partial charge in [0.15, 0.2) is 0 Å². The Morgan fingerprint density at radius 2 is 1.95 bits per heavy atom. The van der Waals surface area contributed by atoms with Gasteiger partial charge in [-0.1, -0.05) is 35.9 Å². The van der Waals surface area contributed by atoms with E-state index in [1.54, 1.807) is 13.2 Å². The third kappa shape index (κ3) is 4.90. The lowest BCUT2D eigenvalue weighted by molar-refractivity contribution is -0.117. The molecule has 0 atom stereocenters. The Morgan fingerprint density at radius 1 is 1.18 bits per heavy atom. The van der Waals surface area contributed by atoms with Crippen molar-refractivity contribution in [3.8, 4) is 5.75 Å². The largest absolute Gasteiger partial charge is 0.497 e. The summed E-state index contributed by atoms with van der Waals surface area (Å²) in [5.41, 5.74) is 3.18. The highest BCUT2D eigenvalue weighted by atomic mass is 16.5. The molecule has 0 bridgehead atoms. The third-order valence-electron chi connectivity index (χ3n) is 3.30. The number of benzene rings is 2. The lowest BCUT2D eigenvalue weighted by Crippen LogP contribution is -2.29. The highest BCUT2D eigenvalue weighted by molar-refractivity contribution is 5.92. The van der Waals surface area contributed by atoms with Gasteiger partial charge >= 0.3 is 0 Å². The summed E-state index contributed by atoms with van der Waals surface area (Å²) in [5, 5.41) is 2.88. The predicted octanol–water partition coefficient (Wildman–Crippen LogP) is 3.07. The van der Waals surface area contributed by atoms with Gasteiger partial charge in [-0.15, -0.1) is 0 Å². The van der Waals surface area contributed by atoms with Crippen LogP contribution in [0.2, 0.25) is 0 Å². The van der Waals surface area contributed by atoms with E-state index in [-0.39, 0.29) is 5.91 Å². The lowest BCUT2D eigenvalue weighted by Gasteiger charge is -2.17. The van der Waals surface area contributed by atoms with Crippen LogP contribution < -0.4 is 10.1 Å². The Morgan fingerprint density at radius 3 is 2.68 bits per heavy atom. The van der Waals surface area contributed by atoms with Crippen LogP contribution in [0.1, 0.15) is 11.1 Å². The summed E-state index contributed by atoms with van der Waals surface area (Å²) in [6.07, 6.45) is 0. The highest BCUT2D eigenvalue weighted by Gasteiger charge is 2.08. The van der Waals surface area contributed by atoms with Gasteiger partial charge in [0, 0.05) is 18.3 Å². The molecule has 0 aliphatic rings. The van der Waals surface area contributed by atoms with Crippen LogP contribution in [0.4, 0.5) is 5.69 Å². The van der Waals surface area contributed by atoms with Crippen molar-refractivity contribution in [1.82, 2.24) is 4.90 Å². The Kier molecular flexibility index (Phi) is 5.55. The van der Waals surface area contributed by atoms with E-state index in [4.69, 9.17) is 4.74 Å². The average molecular weight is 298 g/mol. The highest BCUT2D eigenvalue weighted by Crippen LogP contribution is 2.16. The third-order valence-corrected chi connectivity index (χ3v) is 3.30. The van der Waals surface area contributed by atoms with Crippen molar-refractivity contribution in [2.45, 2.75) is 13.5 Å². The molecule has 0 saturated carbocycles. The van der Waals surface area contributed by atoms with Gasteiger partial charge in [-0.25, -0.2) is 0 Å². The number of carbonyl (C=O) groups excluding carboxylic acids is 1. The van der Waals surface area contributed by atoms with Gasteiger partial charge in [0.2, 0.25) is 5.91 Å². The van der Waals surface area contributed by atoms with Crippen molar-refractivity contribution in [2.24, 2.45) is 0 Å². The number of methoxy groups -OCH3 is 1. The summed E-state index contributed by atoms with van der Waals surface area (Å²) in [7, 11) is 3.55. The van der Waals surface area contributed by atoms with Crippen LogP contribution in [-0.4, -0.2) is 31.5 Å². The van der Waals surface area contributed by atoms with Crippen molar-refractivity contribution in [1.29, 1.82) is 0 Å². The maximum atomic E-state index is 12.1. The monoisotopic (exact) mass is 298 g/mol. The second-order valence-electron chi connectivity index (χ2n) is 5.44. The summed E-state index contributed by atoms with van der Waals surface area (Å²) in [5.74, 6) is 0.689. The molecule has 22 heavy (non-hydrogen) atoms. The molecule has 0 aliphatic carbocycles. The summed E-state index contributed by atoms with van der Waals surface area (Å²) in [4.78, 5) is 14.1. The Hall–Kier alpha value is -2.33. The number of hydrogen-bond acceptors (Lipinski definition) is 3. The van der Waals surface area contributed by atoms with E-state index >= 15 is 0 Å². The van der Waals surface area contributed by atoms with Crippen molar-refractivity contribution >= 4 is 11.6 Å². The van der Waals surface area contributed by atoms with Crippen molar-refractivity contribution in [3.63, 3.8) is 0 Å². The minimum absolute atomic E-state index is 0.0385. The van der Waals surface area contributed by atoms with Crippen LogP contribution in [0.5, 0.6) is 5.75 Å². The lowest BCUT2D eigenvalue weighted by atomic mass is 10.1. The molecule has 2 rings (SSSR count). The summed E-state index contributed by atoms with van der Waals surface area (Å²) < 4.78 is 5.15. The van der Waals surface area contributed by atoms with E-state index in [9.17, 15) is 4.79 Å². The average Bonchev–Trinajstić information content (AvgIpc) is 2.47. The number of anilines is 1. The number of amides is 1. The standard InChI is InChI=1S/C18H22N2O2/c1-14-6-4-7-15(10-14)12-20(2)13-18(21)19-16-8-5-9-17(11-16)22-3/h4-11H,12-13H2,1-3H3,(H,19,21). The van der Waals surface area contributed by atoms with E-state index in [0.717, 1.165) is 18.0 Å². The SMILES string of the molecule is COc1cccc(NC(=O)CN(C)Cc2cccc(C)c2)c1. The molecule has 2 aromatic rings. The molecule has 0 saturated heterocycles. The maximum Gasteiger partial charge on any atom is 0.238 e. The van der Waals surface area contributed by atoms with E-state index in [2.05, 4.69) is 30.4 Å². The van der Waals surface area contributed by atoms with Gasteiger partial charge in [-0.2, -0.15) is 0 Å². The number of hydrogen-bond donors (Lipinski definition) is 1. The molecule has 0 aromatic heterocycles. The Labute approximate surface area is 131 Å². The van der Waals surface area contributed by atoms with Crippen LogP contribution >= 0.6 is 0 Å². The molecule has 4 nitrogen and oxygen atoms in total. The number of likely N-dealkylation sites (N-methyl/N-ethyl adjacent to an activating group) is 1. The molecule has 0 fully saturated rings. The van der Waals surface area contributed by atoms with Gasteiger partial charge in [0.25, 0.3) is 0 Å². The summed E-state index contributed by atoms with van der Waals surface area (Å²) >= 11 is 0. The minimum Gasteiger partial charge on any atom is -0.497 e. The second-order valence-corrected chi connectivity index (χ2v) is 5.44. The molecule has 2 aromatic carbocycles. The van der Waals surface area contributed by atoms with Crippen molar-refractivity contribution in [2.75, 3.05) is 26.0 Å². The molecule has 4 heteroatoms. The number of nitrogens with zero attached hydrogens (tertiary/aromatic N) is 1. The normalized spacial score (nSPS) is 10.5. The fourth-order valence-corrected chi connectivity index (χ4v) is 2.32. The maximum absolute atomic E-state index is 12.1. The van der Waals surface area contributed by atoms with E-state index in [1.165, 1.54) is 11.1 Å². The van der Waals surface area contributed by atoms with Gasteiger partial charge in [0.1, 0.15) is 5.75 Å². The van der Waals surface area contributed by atoms with Crippen LogP contribution in [-0.2, 0) is 11.3 Å². The van der Waals surface area contributed by atoms with E-state index < -0.39 is 0 Å². The first-order valence-electron chi connectivity index (χ1n) is 7.25. The fraction of sp³-hybridized carbons (Fsp3) is 0.278. The van der Waals surface area contributed by atoms with E-state index in [0.29, 0.717) is 6.54 Å². The van der Waals surface area contributed by atoms with Crippen LogP contribution in [0, 0.1) is 6.92 Å². The molecule has 0 radical (unpaired) electrons. The quantitative estimate of drug-likeness (QED) is 0.891. The first kappa shape index (κ1) is 16.0. The number of aryl methyl sites for hydroxylation is 1. The molecule has 1 amide bonds. The molecule has 0 spiro atoms. The first-order chi connectivity index (χ1) is 10.6. The smallest absolute Gasteiger partial charge is 0.238 e. The van der Waals surface area contributed by atoms with Crippen LogP contribution in [0.25, 0.3) is 0 Å². The van der Waals surface area contributed by atoms with Crippen molar-refractivity contribution < 1.29 is 9.53 Å². The van der Waals surface area contributed by atoms with Crippen LogP contribution in [0.3, 0.4) is 0 Å². The molecule has 1 N–H and O–H groups in total. The minimum atomic E-state index is -0.0385. The number of carbonyl (C=O) groups is 1. The van der Waals surface area contributed by atoms with E-state index in [1.807, 2.05) is 36.2 Å². The fourth-order valence-electron chi connectivity index (χ4n) is 2.32. The predicted molar refractivity (Wildman–Crippen MR) is 89.1 cm³/mol. The zero-order chi connectivity index (χ0) is 15.9. The first-order valence-corrected chi connectivity index (χ1v) is 7.25. The second kappa shape index (κ2) is 7.61. The van der Waals surface area contributed by atoms with Crippen molar-refractivity contribution in [3.05, 3.63) is 59.7 Å². The molecule has 116 valence electrons. The zero-order valence-electron chi connectivity index (χ0n) is 13.3. The van der Waals surface area contributed by atoms with Gasteiger partial charge in [0.05, 0.1) is 13.7 Å². The molecular weight excluding hydrogens is 276 g/mol.